The molecule has 0 radical (unpaired) electrons. The summed E-state index contributed by atoms with van der Waals surface area (Å²) in [6, 6.07) is 6.17. The van der Waals surface area contributed by atoms with Gasteiger partial charge in [0.1, 0.15) is 11.3 Å². The number of carbonyl (C=O) groups excluding carboxylic acids is 1. The summed E-state index contributed by atoms with van der Waals surface area (Å²) in [4.78, 5) is 11.9. The molecule has 2 atom stereocenters. The van der Waals surface area contributed by atoms with E-state index in [1.54, 1.807) is 0 Å². The maximum Gasteiger partial charge on any atom is 0.326 e. The van der Waals surface area contributed by atoms with Crippen LogP contribution in [0.25, 0.3) is 0 Å². The highest BCUT2D eigenvalue weighted by Gasteiger charge is 2.46. The largest absolute Gasteiger partial charge is 0.493 e. The zero-order valence-corrected chi connectivity index (χ0v) is 13.1. The Morgan fingerprint density at radius 3 is 2.90 bits per heavy atom. The van der Waals surface area contributed by atoms with E-state index in [1.807, 2.05) is 19.9 Å². The van der Waals surface area contributed by atoms with Crippen molar-refractivity contribution >= 4 is 5.97 Å². The van der Waals surface area contributed by atoms with Gasteiger partial charge in [0.2, 0.25) is 0 Å². The lowest BCUT2D eigenvalue weighted by Gasteiger charge is -2.28. The highest BCUT2D eigenvalue weighted by molar-refractivity contribution is 5.81. The highest BCUT2D eigenvalue weighted by Crippen LogP contribution is 2.37. The second-order valence-corrected chi connectivity index (χ2v) is 6.03. The van der Waals surface area contributed by atoms with Crippen LogP contribution in [0, 0.1) is 19.8 Å². The molecule has 4 nitrogen and oxygen atoms in total. The van der Waals surface area contributed by atoms with Crippen LogP contribution in [-0.2, 0) is 9.53 Å². The Kier molecular flexibility index (Phi) is 4.88. The minimum Gasteiger partial charge on any atom is -0.493 e. The van der Waals surface area contributed by atoms with E-state index in [2.05, 4.69) is 12.1 Å². The number of hydrogen-bond donors (Lipinski definition) is 1. The van der Waals surface area contributed by atoms with Crippen molar-refractivity contribution in [3.8, 4) is 5.75 Å². The van der Waals surface area contributed by atoms with Crippen LogP contribution in [-0.4, -0.2) is 25.2 Å². The smallest absolute Gasteiger partial charge is 0.326 e. The number of benzene rings is 1. The van der Waals surface area contributed by atoms with Crippen molar-refractivity contribution in [2.45, 2.75) is 45.1 Å². The molecular weight excluding hydrogens is 266 g/mol. The molecule has 1 aliphatic carbocycles. The van der Waals surface area contributed by atoms with Gasteiger partial charge in [-0.2, -0.15) is 0 Å². The third kappa shape index (κ3) is 3.38. The van der Waals surface area contributed by atoms with Gasteiger partial charge in [-0.25, -0.2) is 0 Å². The molecule has 2 rings (SSSR count). The van der Waals surface area contributed by atoms with Gasteiger partial charge in [-0.1, -0.05) is 18.6 Å². The Morgan fingerprint density at radius 1 is 1.43 bits per heavy atom. The van der Waals surface area contributed by atoms with Crippen LogP contribution in [0.1, 0.15) is 36.8 Å². The summed E-state index contributed by atoms with van der Waals surface area (Å²) in [5, 5.41) is 0. The van der Waals surface area contributed by atoms with Crippen molar-refractivity contribution in [3.63, 3.8) is 0 Å². The molecular formula is C17H25NO3. The van der Waals surface area contributed by atoms with E-state index in [-0.39, 0.29) is 11.9 Å². The van der Waals surface area contributed by atoms with Gasteiger partial charge in [0.15, 0.2) is 0 Å². The molecule has 0 amide bonds. The minimum absolute atomic E-state index is 0.134. The van der Waals surface area contributed by atoms with E-state index in [9.17, 15) is 4.79 Å². The predicted molar refractivity (Wildman–Crippen MR) is 82.3 cm³/mol. The second kappa shape index (κ2) is 6.48. The van der Waals surface area contributed by atoms with E-state index in [4.69, 9.17) is 15.2 Å². The van der Waals surface area contributed by atoms with E-state index in [0.717, 1.165) is 30.6 Å². The van der Waals surface area contributed by atoms with Crippen LogP contribution in [0.2, 0.25) is 0 Å². The molecule has 2 unspecified atom stereocenters. The van der Waals surface area contributed by atoms with Crippen LogP contribution in [0.15, 0.2) is 18.2 Å². The average molecular weight is 291 g/mol. The fourth-order valence-electron chi connectivity index (χ4n) is 3.14. The van der Waals surface area contributed by atoms with Gasteiger partial charge < -0.3 is 15.2 Å². The van der Waals surface area contributed by atoms with Crippen molar-refractivity contribution in [1.82, 2.24) is 0 Å². The van der Waals surface area contributed by atoms with Gasteiger partial charge in [-0.05, 0) is 56.2 Å². The lowest BCUT2D eigenvalue weighted by molar-refractivity contribution is -0.148. The first-order valence-electron chi connectivity index (χ1n) is 7.54. The lowest BCUT2D eigenvalue weighted by atomic mass is 9.86. The zero-order valence-electron chi connectivity index (χ0n) is 13.1. The van der Waals surface area contributed by atoms with Gasteiger partial charge >= 0.3 is 5.97 Å². The van der Waals surface area contributed by atoms with Crippen LogP contribution < -0.4 is 10.5 Å². The van der Waals surface area contributed by atoms with E-state index < -0.39 is 5.54 Å². The summed E-state index contributed by atoms with van der Waals surface area (Å²) in [6.45, 7) is 4.66. The molecule has 21 heavy (non-hydrogen) atoms. The molecule has 0 aliphatic heterocycles. The molecule has 1 aliphatic rings. The summed E-state index contributed by atoms with van der Waals surface area (Å²) in [6.07, 6.45) is 3.41. The topological polar surface area (TPSA) is 61.5 Å². The number of ether oxygens (including phenoxy) is 2. The molecule has 1 saturated carbocycles. The Balaban J connectivity index is 1.94. The summed E-state index contributed by atoms with van der Waals surface area (Å²) in [5.41, 5.74) is 7.73. The first kappa shape index (κ1) is 15.8. The fourth-order valence-corrected chi connectivity index (χ4v) is 3.14. The number of aryl methyl sites for hydroxylation is 2. The quantitative estimate of drug-likeness (QED) is 0.847. The Morgan fingerprint density at radius 2 is 2.19 bits per heavy atom. The number of esters is 1. The van der Waals surface area contributed by atoms with E-state index >= 15 is 0 Å². The van der Waals surface area contributed by atoms with Crippen molar-refractivity contribution in [3.05, 3.63) is 29.3 Å². The molecule has 116 valence electrons. The fraction of sp³-hybridized carbons (Fsp3) is 0.588. The monoisotopic (exact) mass is 291 g/mol. The lowest BCUT2D eigenvalue weighted by Crippen LogP contribution is -2.52. The van der Waals surface area contributed by atoms with Crippen LogP contribution in [0.5, 0.6) is 5.75 Å². The Labute approximate surface area is 126 Å². The molecule has 4 heteroatoms. The normalized spacial score (nSPS) is 24.9. The number of rotatable bonds is 5. The molecule has 1 aromatic rings. The molecule has 2 N–H and O–H groups in total. The summed E-state index contributed by atoms with van der Waals surface area (Å²) < 4.78 is 10.7. The Bertz CT molecular complexity index is 515. The SMILES string of the molecule is COC(=O)C1(N)CCCC1CCOc1cc(C)ccc1C. The second-order valence-electron chi connectivity index (χ2n) is 6.03. The van der Waals surface area contributed by atoms with Gasteiger partial charge in [0.05, 0.1) is 13.7 Å². The summed E-state index contributed by atoms with van der Waals surface area (Å²) in [7, 11) is 1.40. The van der Waals surface area contributed by atoms with Gasteiger partial charge in [-0.15, -0.1) is 0 Å². The van der Waals surface area contributed by atoms with Gasteiger partial charge in [0.25, 0.3) is 0 Å². The maximum absolute atomic E-state index is 11.9. The molecule has 1 aromatic carbocycles. The third-order valence-corrected chi connectivity index (χ3v) is 4.50. The van der Waals surface area contributed by atoms with Crippen LogP contribution >= 0.6 is 0 Å². The number of methoxy groups -OCH3 is 1. The van der Waals surface area contributed by atoms with Gasteiger partial charge in [0, 0.05) is 0 Å². The average Bonchev–Trinajstić information content (AvgIpc) is 2.84. The number of carbonyl (C=O) groups is 1. The molecule has 0 aromatic heterocycles. The first-order valence-corrected chi connectivity index (χ1v) is 7.54. The standard InChI is InChI=1S/C17H25NO3/c1-12-6-7-13(2)15(11-12)21-10-8-14-5-4-9-17(14,18)16(19)20-3/h6-7,11,14H,4-5,8-10,18H2,1-3H3. The van der Waals surface area contributed by atoms with Crippen molar-refractivity contribution < 1.29 is 14.3 Å². The molecule has 0 heterocycles. The molecule has 0 bridgehead atoms. The minimum atomic E-state index is -0.834. The van der Waals surface area contributed by atoms with E-state index in [0.29, 0.717) is 13.0 Å². The number of nitrogens with two attached hydrogens (primary N) is 1. The third-order valence-electron chi connectivity index (χ3n) is 4.50. The number of hydrogen-bond acceptors (Lipinski definition) is 4. The molecule has 0 saturated heterocycles. The summed E-state index contributed by atoms with van der Waals surface area (Å²) in [5.74, 6) is 0.750. The van der Waals surface area contributed by atoms with Crippen molar-refractivity contribution in [2.24, 2.45) is 11.7 Å². The molecule has 1 fully saturated rings. The van der Waals surface area contributed by atoms with Crippen molar-refractivity contribution in [1.29, 1.82) is 0 Å². The highest BCUT2D eigenvalue weighted by atomic mass is 16.5. The Hall–Kier alpha value is -1.55. The predicted octanol–water partition coefficient (Wildman–Crippen LogP) is 2.74. The molecule has 0 spiro atoms. The van der Waals surface area contributed by atoms with E-state index in [1.165, 1.54) is 12.7 Å². The van der Waals surface area contributed by atoms with Crippen LogP contribution in [0.4, 0.5) is 0 Å². The van der Waals surface area contributed by atoms with Crippen molar-refractivity contribution in [2.75, 3.05) is 13.7 Å². The maximum atomic E-state index is 11.9. The van der Waals surface area contributed by atoms with Gasteiger partial charge in [-0.3, -0.25) is 4.79 Å². The summed E-state index contributed by atoms with van der Waals surface area (Å²) >= 11 is 0. The zero-order chi connectivity index (χ0) is 15.5. The first-order chi connectivity index (χ1) is 9.97. The van der Waals surface area contributed by atoms with Crippen LogP contribution in [0.3, 0.4) is 0 Å².